The molecule has 1 rings (SSSR count). The summed E-state index contributed by atoms with van der Waals surface area (Å²) < 4.78 is 1.07. The lowest BCUT2D eigenvalue weighted by molar-refractivity contribution is 0.0696. The molecule has 0 bridgehead atoms. The van der Waals surface area contributed by atoms with Crippen molar-refractivity contribution in [3.05, 3.63) is 31.3 Å². The van der Waals surface area contributed by atoms with Gasteiger partial charge >= 0.3 is 5.97 Å². The number of nitriles is 1. The van der Waals surface area contributed by atoms with Crippen molar-refractivity contribution in [3.63, 3.8) is 0 Å². The van der Waals surface area contributed by atoms with Gasteiger partial charge < -0.3 is 5.11 Å². The number of carbonyl (C=O) groups is 1. The summed E-state index contributed by atoms with van der Waals surface area (Å²) in [5.74, 6) is -1.04. The number of benzene rings is 1. The van der Waals surface area contributed by atoms with Crippen molar-refractivity contribution in [2.24, 2.45) is 0 Å². The molecule has 1 aromatic carbocycles. The maximum absolute atomic E-state index is 10.7. The van der Waals surface area contributed by atoms with Gasteiger partial charge in [-0.1, -0.05) is 0 Å². The molecule has 0 saturated heterocycles. The first-order chi connectivity index (χ1) is 6.06. The molecule has 0 atom stereocenters. The average Bonchev–Trinajstić information content (AvgIpc) is 2.08. The number of nitrogens with zero attached hydrogens (tertiary/aromatic N) is 1. The van der Waals surface area contributed by atoms with E-state index in [0.29, 0.717) is 10.0 Å². The summed E-state index contributed by atoms with van der Waals surface area (Å²) in [6, 6.07) is 5.05. The molecule has 3 nitrogen and oxygen atoms in total. The highest BCUT2D eigenvalue weighted by Gasteiger charge is 2.12. The summed E-state index contributed by atoms with van der Waals surface area (Å²) in [4.78, 5) is 10.7. The zero-order valence-corrected chi connectivity index (χ0v) is 9.96. The van der Waals surface area contributed by atoms with Crippen LogP contribution in [0.15, 0.2) is 16.6 Å². The van der Waals surface area contributed by atoms with Crippen molar-refractivity contribution >= 4 is 44.5 Å². The third-order valence-electron chi connectivity index (χ3n) is 1.39. The van der Waals surface area contributed by atoms with Crippen molar-refractivity contribution in [3.8, 4) is 6.07 Å². The predicted molar refractivity (Wildman–Crippen MR) is 58.5 cm³/mol. The zero-order valence-electron chi connectivity index (χ0n) is 6.21. The largest absolute Gasteiger partial charge is 0.478 e. The second-order valence-electron chi connectivity index (χ2n) is 2.23. The van der Waals surface area contributed by atoms with Crippen LogP contribution >= 0.6 is 38.5 Å². The molecule has 66 valence electrons. The Morgan fingerprint density at radius 2 is 2.23 bits per heavy atom. The van der Waals surface area contributed by atoms with Crippen LogP contribution in [0.2, 0.25) is 0 Å². The lowest BCUT2D eigenvalue weighted by Gasteiger charge is -2.01. The third-order valence-corrected chi connectivity index (χ3v) is 2.87. The lowest BCUT2D eigenvalue weighted by Crippen LogP contribution is -2.00. The van der Waals surface area contributed by atoms with Crippen LogP contribution in [0.1, 0.15) is 15.9 Å². The Kier molecular flexibility index (Phi) is 3.27. The smallest absolute Gasteiger partial charge is 0.336 e. The van der Waals surface area contributed by atoms with E-state index in [1.807, 2.05) is 28.7 Å². The van der Waals surface area contributed by atoms with Crippen molar-refractivity contribution < 1.29 is 9.90 Å². The number of carboxylic acid groups (broad SMARTS) is 1. The molecule has 0 fully saturated rings. The molecule has 0 aromatic heterocycles. The van der Waals surface area contributed by atoms with Gasteiger partial charge in [0.2, 0.25) is 0 Å². The molecule has 0 unspecified atom stereocenters. The maximum atomic E-state index is 10.7. The van der Waals surface area contributed by atoms with E-state index in [1.165, 1.54) is 6.07 Å². The minimum atomic E-state index is -1.04. The molecule has 0 heterocycles. The molecule has 0 spiro atoms. The molecule has 0 amide bonds. The molecule has 0 saturated carbocycles. The van der Waals surface area contributed by atoms with E-state index in [0.717, 1.165) is 3.57 Å². The highest BCUT2D eigenvalue weighted by molar-refractivity contribution is 14.1. The van der Waals surface area contributed by atoms with Gasteiger partial charge in [-0.15, -0.1) is 0 Å². The van der Waals surface area contributed by atoms with Gasteiger partial charge in [0, 0.05) is 8.04 Å². The predicted octanol–water partition coefficient (Wildman–Crippen LogP) is 2.62. The van der Waals surface area contributed by atoms with E-state index in [4.69, 9.17) is 10.4 Å². The normalized spacial score (nSPS) is 9.31. The number of halogens is 2. The van der Waals surface area contributed by atoms with Crippen LogP contribution < -0.4 is 0 Å². The van der Waals surface area contributed by atoms with Gasteiger partial charge in [0.1, 0.15) is 6.07 Å². The fourth-order valence-corrected chi connectivity index (χ4v) is 1.94. The van der Waals surface area contributed by atoms with Gasteiger partial charge in [0.05, 0.1) is 11.1 Å². The highest BCUT2D eigenvalue weighted by Crippen LogP contribution is 2.24. The van der Waals surface area contributed by atoms with Gasteiger partial charge in [0.25, 0.3) is 0 Å². The maximum Gasteiger partial charge on any atom is 0.336 e. The number of hydrogen-bond acceptors (Lipinski definition) is 2. The molecular weight excluding hydrogens is 349 g/mol. The fraction of sp³-hybridized carbons (Fsp3) is 0. The summed E-state index contributed by atoms with van der Waals surface area (Å²) in [6.45, 7) is 0. The van der Waals surface area contributed by atoms with Gasteiger partial charge in [0.15, 0.2) is 0 Å². The van der Waals surface area contributed by atoms with E-state index in [-0.39, 0.29) is 5.56 Å². The molecule has 0 radical (unpaired) electrons. The fourth-order valence-electron chi connectivity index (χ4n) is 0.826. The number of aromatic carboxylic acids is 1. The quantitative estimate of drug-likeness (QED) is 0.791. The van der Waals surface area contributed by atoms with E-state index in [2.05, 4.69) is 15.9 Å². The Hall–Kier alpha value is -0.610. The van der Waals surface area contributed by atoms with E-state index < -0.39 is 5.97 Å². The van der Waals surface area contributed by atoms with Gasteiger partial charge in [-0.2, -0.15) is 5.26 Å². The van der Waals surface area contributed by atoms with Crippen LogP contribution in [0.3, 0.4) is 0 Å². The molecule has 0 aliphatic carbocycles. The molecule has 1 N–H and O–H groups in total. The van der Waals surface area contributed by atoms with E-state index >= 15 is 0 Å². The average molecular weight is 352 g/mol. The first kappa shape index (κ1) is 10.5. The van der Waals surface area contributed by atoms with Crippen LogP contribution in [0.25, 0.3) is 0 Å². The summed E-state index contributed by atoms with van der Waals surface area (Å²) in [5.41, 5.74) is 0.452. The van der Waals surface area contributed by atoms with Crippen LogP contribution in [0.5, 0.6) is 0 Å². The Morgan fingerprint density at radius 3 is 2.69 bits per heavy atom. The zero-order chi connectivity index (χ0) is 10.0. The van der Waals surface area contributed by atoms with E-state index in [9.17, 15) is 4.79 Å². The number of carboxylic acids is 1. The first-order valence-electron chi connectivity index (χ1n) is 3.18. The Morgan fingerprint density at radius 1 is 1.62 bits per heavy atom. The van der Waals surface area contributed by atoms with Gasteiger partial charge in [-0.3, -0.25) is 0 Å². The minimum Gasteiger partial charge on any atom is -0.478 e. The Balaban J connectivity index is 3.47. The summed E-state index contributed by atoms with van der Waals surface area (Å²) in [6.07, 6.45) is 0. The highest BCUT2D eigenvalue weighted by atomic mass is 127. The summed E-state index contributed by atoms with van der Waals surface area (Å²) >= 11 is 5.04. The van der Waals surface area contributed by atoms with Crippen molar-refractivity contribution in [1.82, 2.24) is 0 Å². The number of hydrogen-bond donors (Lipinski definition) is 1. The minimum absolute atomic E-state index is 0.114. The van der Waals surface area contributed by atoms with Gasteiger partial charge in [-0.25, -0.2) is 4.79 Å². The van der Waals surface area contributed by atoms with Crippen LogP contribution in [0, 0.1) is 14.9 Å². The van der Waals surface area contributed by atoms with Crippen molar-refractivity contribution in [2.45, 2.75) is 0 Å². The van der Waals surface area contributed by atoms with Crippen molar-refractivity contribution in [2.75, 3.05) is 0 Å². The Labute approximate surface area is 96.6 Å². The van der Waals surface area contributed by atoms with Crippen LogP contribution in [0.4, 0.5) is 0 Å². The monoisotopic (exact) mass is 351 g/mol. The van der Waals surface area contributed by atoms with E-state index in [1.54, 1.807) is 6.07 Å². The molecule has 13 heavy (non-hydrogen) atoms. The lowest BCUT2D eigenvalue weighted by atomic mass is 10.1. The van der Waals surface area contributed by atoms with Crippen LogP contribution in [-0.2, 0) is 0 Å². The Bertz CT molecular complexity index is 411. The first-order valence-corrected chi connectivity index (χ1v) is 5.06. The molecule has 1 aromatic rings. The topological polar surface area (TPSA) is 61.1 Å². The molecule has 0 aliphatic heterocycles. The SMILES string of the molecule is N#Cc1cc(I)cc(C(=O)O)c1Br. The second-order valence-corrected chi connectivity index (χ2v) is 4.27. The standard InChI is InChI=1S/C8H3BrINO2/c9-7-4(3-11)1-5(10)2-6(7)8(12)13/h1-2H,(H,12,13). The van der Waals surface area contributed by atoms with Crippen molar-refractivity contribution in [1.29, 1.82) is 5.26 Å². The summed E-state index contributed by atoms with van der Waals surface area (Å²) in [7, 11) is 0. The third kappa shape index (κ3) is 2.19. The summed E-state index contributed by atoms with van der Waals surface area (Å²) in [5, 5.41) is 17.4. The second kappa shape index (κ2) is 4.07. The van der Waals surface area contributed by atoms with Gasteiger partial charge in [-0.05, 0) is 50.7 Å². The molecule has 5 heteroatoms. The molecule has 0 aliphatic rings. The van der Waals surface area contributed by atoms with Crippen LogP contribution in [-0.4, -0.2) is 11.1 Å². The number of rotatable bonds is 1. The molecular formula is C8H3BrINO2.